The van der Waals surface area contributed by atoms with Crippen LogP contribution in [0.5, 0.6) is 5.75 Å². The summed E-state index contributed by atoms with van der Waals surface area (Å²) in [7, 11) is 0. The molecule has 1 amide bonds. The Labute approximate surface area is 151 Å². The molecule has 2 heterocycles. The van der Waals surface area contributed by atoms with Crippen LogP contribution in [-0.4, -0.2) is 43.1 Å². The van der Waals surface area contributed by atoms with E-state index < -0.39 is 0 Å². The molecule has 0 aromatic heterocycles. The average Bonchev–Trinajstić information content (AvgIpc) is 2.62. The maximum atomic E-state index is 12.4. The van der Waals surface area contributed by atoms with Crippen molar-refractivity contribution >= 4 is 18.3 Å². The molecule has 2 fully saturated rings. The Morgan fingerprint density at radius 2 is 1.75 bits per heavy atom. The Balaban J connectivity index is 0.00000208. The molecule has 5 heteroatoms. The van der Waals surface area contributed by atoms with Gasteiger partial charge in [-0.05, 0) is 50.4 Å². The van der Waals surface area contributed by atoms with Gasteiger partial charge in [0.25, 0.3) is 0 Å². The summed E-state index contributed by atoms with van der Waals surface area (Å²) in [6, 6.07) is 9.98. The van der Waals surface area contributed by atoms with Gasteiger partial charge in [0, 0.05) is 32.4 Å². The van der Waals surface area contributed by atoms with Crippen molar-refractivity contribution in [3.05, 3.63) is 30.3 Å². The van der Waals surface area contributed by atoms with Crippen LogP contribution in [0.4, 0.5) is 0 Å². The molecular weight excluding hydrogens is 324 g/mol. The summed E-state index contributed by atoms with van der Waals surface area (Å²) in [4.78, 5) is 14.4. The Kier molecular flexibility index (Phi) is 7.86. The van der Waals surface area contributed by atoms with Gasteiger partial charge in [-0.2, -0.15) is 0 Å². The van der Waals surface area contributed by atoms with E-state index in [1.165, 1.54) is 12.8 Å². The molecule has 1 aromatic carbocycles. The normalized spacial score (nSPS) is 19.6. The van der Waals surface area contributed by atoms with E-state index in [1.807, 2.05) is 35.2 Å². The number of benzene rings is 1. The minimum absolute atomic E-state index is 0. The number of hydrogen-bond donors (Lipinski definition) is 1. The fourth-order valence-electron chi connectivity index (χ4n) is 3.57. The van der Waals surface area contributed by atoms with E-state index in [0.717, 1.165) is 63.5 Å². The minimum atomic E-state index is 0. The first-order valence-corrected chi connectivity index (χ1v) is 9.01. The number of carbonyl (C=O) groups excluding carboxylic acids is 1. The lowest BCUT2D eigenvalue weighted by Crippen LogP contribution is -2.42. The van der Waals surface area contributed by atoms with Crippen LogP contribution in [0, 0.1) is 5.92 Å². The van der Waals surface area contributed by atoms with E-state index >= 15 is 0 Å². The minimum Gasteiger partial charge on any atom is -0.490 e. The van der Waals surface area contributed by atoms with Crippen LogP contribution in [0.2, 0.25) is 0 Å². The second-order valence-electron chi connectivity index (χ2n) is 6.74. The van der Waals surface area contributed by atoms with Crippen LogP contribution in [0.25, 0.3) is 0 Å². The summed E-state index contributed by atoms with van der Waals surface area (Å²) in [5.74, 6) is 2.00. The number of ether oxygens (including phenoxy) is 1. The third-order valence-electron chi connectivity index (χ3n) is 5.07. The summed E-state index contributed by atoms with van der Waals surface area (Å²) in [6.07, 6.45) is 6.34. The van der Waals surface area contributed by atoms with Crippen molar-refractivity contribution in [2.24, 2.45) is 5.92 Å². The van der Waals surface area contributed by atoms with Gasteiger partial charge in [-0.1, -0.05) is 18.2 Å². The van der Waals surface area contributed by atoms with Crippen molar-refractivity contribution in [3.63, 3.8) is 0 Å². The molecule has 0 bridgehead atoms. The SMILES string of the molecule is Cl.O=C(CCC1CCNCC1)N1CCC(Oc2ccccc2)CC1. The number of para-hydroxylation sites is 1. The zero-order valence-corrected chi connectivity index (χ0v) is 15.1. The molecule has 1 aromatic rings. The second kappa shape index (κ2) is 9.90. The highest BCUT2D eigenvalue weighted by atomic mass is 35.5. The monoisotopic (exact) mass is 352 g/mol. The van der Waals surface area contributed by atoms with E-state index in [2.05, 4.69) is 5.32 Å². The molecule has 134 valence electrons. The number of halogens is 1. The summed E-state index contributed by atoms with van der Waals surface area (Å²) >= 11 is 0. The van der Waals surface area contributed by atoms with Gasteiger partial charge in [0.2, 0.25) is 5.91 Å². The zero-order valence-electron chi connectivity index (χ0n) is 14.3. The first-order valence-electron chi connectivity index (χ1n) is 9.01. The smallest absolute Gasteiger partial charge is 0.222 e. The summed E-state index contributed by atoms with van der Waals surface area (Å²) in [6.45, 7) is 3.90. The molecule has 0 aliphatic carbocycles. The lowest BCUT2D eigenvalue weighted by molar-refractivity contribution is -0.133. The number of amides is 1. The first-order chi connectivity index (χ1) is 11.3. The molecule has 0 radical (unpaired) electrons. The fraction of sp³-hybridized carbons (Fsp3) is 0.632. The van der Waals surface area contributed by atoms with E-state index in [0.29, 0.717) is 5.91 Å². The molecule has 0 saturated carbocycles. The number of nitrogens with zero attached hydrogens (tertiary/aromatic N) is 1. The fourth-order valence-corrected chi connectivity index (χ4v) is 3.57. The maximum Gasteiger partial charge on any atom is 0.222 e. The number of likely N-dealkylation sites (tertiary alicyclic amines) is 1. The zero-order chi connectivity index (χ0) is 15.9. The number of rotatable bonds is 5. The maximum absolute atomic E-state index is 12.4. The quantitative estimate of drug-likeness (QED) is 0.884. The first kappa shape index (κ1) is 19.1. The molecule has 24 heavy (non-hydrogen) atoms. The molecule has 2 aliphatic rings. The van der Waals surface area contributed by atoms with Gasteiger partial charge in [0.1, 0.15) is 11.9 Å². The van der Waals surface area contributed by atoms with Crippen molar-refractivity contribution in [2.45, 2.75) is 44.6 Å². The molecule has 3 rings (SSSR count). The average molecular weight is 353 g/mol. The largest absolute Gasteiger partial charge is 0.490 e. The van der Waals surface area contributed by atoms with Crippen LogP contribution in [0.1, 0.15) is 38.5 Å². The topological polar surface area (TPSA) is 41.6 Å². The lowest BCUT2D eigenvalue weighted by atomic mass is 9.93. The van der Waals surface area contributed by atoms with E-state index in [9.17, 15) is 4.79 Å². The highest BCUT2D eigenvalue weighted by molar-refractivity contribution is 5.85. The standard InChI is InChI=1S/C19H28N2O2.ClH/c22-19(7-6-16-8-12-20-13-9-16)21-14-10-18(11-15-21)23-17-4-2-1-3-5-17;/h1-5,16,18,20H,6-15H2;1H. The summed E-state index contributed by atoms with van der Waals surface area (Å²) in [5, 5.41) is 3.38. The molecular formula is C19H29ClN2O2. The van der Waals surface area contributed by atoms with Gasteiger partial charge < -0.3 is 15.0 Å². The van der Waals surface area contributed by atoms with Gasteiger partial charge in [0.15, 0.2) is 0 Å². The van der Waals surface area contributed by atoms with Crippen molar-refractivity contribution in [2.75, 3.05) is 26.2 Å². The van der Waals surface area contributed by atoms with Gasteiger partial charge in [0.05, 0.1) is 0 Å². The highest BCUT2D eigenvalue weighted by Gasteiger charge is 2.24. The van der Waals surface area contributed by atoms with Crippen LogP contribution < -0.4 is 10.1 Å². The molecule has 4 nitrogen and oxygen atoms in total. The molecule has 0 unspecified atom stereocenters. The molecule has 2 saturated heterocycles. The van der Waals surface area contributed by atoms with Crippen molar-refractivity contribution < 1.29 is 9.53 Å². The lowest BCUT2D eigenvalue weighted by Gasteiger charge is -2.32. The molecule has 1 N–H and O–H groups in total. The second-order valence-corrected chi connectivity index (χ2v) is 6.74. The number of carbonyl (C=O) groups is 1. The van der Waals surface area contributed by atoms with Crippen LogP contribution in [0.15, 0.2) is 30.3 Å². The van der Waals surface area contributed by atoms with Crippen LogP contribution in [0.3, 0.4) is 0 Å². The molecule has 2 aliphatic heterocycles. The number of piperidine rings is 2. The third-order valence-corrected chi connectivity index (χ3v) is 5.07. The predicted octanol–water partition coefficient (Wildman–Crippen LogP) is 3.26. The van der Waals surface area contributed by atoms with Gasteiger partial charge in [-0.25, -0.2) is 0 Å². The van der Waals surface area contributed by atoms with Gasteiger partial charge in [-0.15, -0.1) is 12.4 Å². The van der Waals surface area contributed by atoms with Gasteiger partial charge >= 0.3 is 0 Å². The van der Waals surface area contributed by atoms with Crippen LogP contribution >= 0.6 is 12.4 Å². The molecule has 0 atom stereocenters. The Morgan fingerprint density at radius 3 is 2.42 bits per heavy atom. The van der Waals surface area contributed by atoms with Gasteiger partial charge in [-0.3, -0.25) is 4.79 Å². The Bertz CT molecular complexity index is 483. The summed E-state index contributed by atoms with van der Waals surface area (Å²) < 4.78 is 5.99. The van der Waals surface area contributed by atoms with E-state index in [4.69, 9.17) is 4.74 Å². The number of nitrogens with one attached hydrogen (secondary N) is 1. The number of hydrogen-bond acceptors (Lipinski definition) is 3. The van der Waals surface area contributed by atoms with Crippen LogP contribution in [-0.2, 0) is 4.79 Å². The highest BCUT2D eigenvalue weighted by Crippen LogP contribution is 2.21. The Hall–Kier alpha value is -1.26. The Morgan fingerprint density at radius 1 is 1.08 bits per heavy atom. The molecule has 0 spiro atoms. The summed E-state index contributed by atoms with van der Waals surface area (Å²) in [5.41, 5.74) is 0. The van der Waals surface area contributed by atoms with E-state index in [1.54, 1.807) is 0 Å². The van der Waals surface area contributed by atoms with E-state index in [-0.39, 0.29) is 18.5 Å². The predicted molar refractivity (Wildman–Crippen MR) is 98.7 cm³/mol. The van der Waals surface area contributed by atoms with Crippen molar-refractivity contribution in [1.29, 1.82) is 0 Å². The van der Waals surface area contributed by atoms with Crippen molar-refractivity contribution in [3.8, 4) is 5.75 Å². The van der Waals surface area contributed by atoms with Crippen molar-refractivity contribution in [1.82, 2.24) is 10.2 Å². The third kappa shape index (κ3) is 5.67.